The van der Waals surface area contributed by atoms with E-state index in [0.29, 0.717) is 5.56 Å². The Balaban J connectivity index is 2.27. The summed E-state index contributed by atoms with van der Waals surface area (Å²) in [4.78, 5) is 18.2. The highest BCUT2D eigenvalue weighted by Crippen LogP contribution is 2.20. The smallest absolute Gasteiger partial charge is 0.260 e. The molecular weight excluding hydrogens is 250 g/mol. The van der Waals surface area contributed by atoms with Gasteiger partial charge in [-0.05, 0) is 30.2 Å². The zero-order chi connectivity index (χ0) is 14.5. The van der Waals surface area contributed by atoms with E-state index in [0.717, 1.165) is 17.8 Å². The Kier molecular flexibility index (Phi) is 4.35. The van der Waals surface area contributed by atoms with Crippen molar-refractivity contribution in [2.45, 2.75) is 13.3 Å². The summed E-state index contributed by atoms with van der Waals surface area (Å²) in [7, 11) is 3.56. The van der Waals surface area contributed by atoms with Gasteiger partial charge in [0.05, 0.1) is 17.4 Å². The van der Waals surface area contributed by atoms with Crippen LogP contribution in [0.15, 0.2) is 42.7 Å². The first-order valence-corrected chi connectivity index (χ1v) is 6.66. The minimum absolute atomic E-state index is 0.0546. The Bertz CT molecular complexity index is 593. The maximum atomic E-state index is 12.5. The third-order valence-electron chi connectivity index (χ3n) is 3.36. The predicted octanol–water partition coefficient (Wildman–Crippen LogP) is 2.96. The van der Waals surface area contributed by atoms with E-state index in [1.807, 2.05) is 24.3 Å². The van der Waals surface area contributed by atoms with Gasteiger partial charge in [-0.3, -0.25) is 9.78 Å². The van der Waals surface area contributed by atoms with E-state index >= 15 is 0 Å². The number of pyridine rings is 1. The molecule has 0 spiro atoms. The van der Waals surface area contributed by atoms with Crippen LogP contribution < -0.4 is 10.2 Å². The average Bonchev–Trinajstić information content (AvgIpc) is 2.53. The van der Waals surface area contributed by atoms with Gasteiger partial charge in [-0.15, -0.1) is 0 Å². The van der Waals surface area contributed by atoms with Crippen LogP contribution in [0.3, 0.4) is 0 Å². The molecule has 0 fully saturated rings. The standard InChI is InChI=1S/C16H19N3O/c1-4-12-5-7-13(8-6-12)19(3)16(20)14-9-10-18-11-15(14)17-2/h5-11,17H,4H2,1-3H3. The number of nitrogens with one attached hydrogen (secondary N) is 1. The summed E-state index contributed by atoms with van der Waals surface area (Å²) in [5, 5.41) is 2.99. The molecule has 0 saturated heterocycles. The largest absolute Gasteiger partial charge is 0.386 e. The SMILES string of the molecule is CCc1ccc(N(C)C(=O)c2ccncc2NC)cc1. The first-order chi connectivity index (χ1) is 9.67. The third kappa shape index (κ3) is 2.79. The third-order valence-corrected chi connectivity index (χ3v) is 3.36. The molecular formula is C16H19N3O. The number of aryl methyl sites for hydroxylation is 1. The second-order valence-corrected chi connectivity index (χ2v) is 4.56. The maximum absolute atomic E-state index is 12.5. The van der Waals surface area contributed by atoms with Crippen LogP contribution >= 0.6 is 0 Å². The van der Waals surface area contributed by atoms with Gasteiger partial charge in [0, 0.05) is 26.0 Å². The molecule has 2 aromatic rings. The number of benzene rings is 1. The Morgan fingerprint density at radius 2 is 1.95 bits per heavy atom. The topological polar surface area (TPSA) is 45.2 Å². The van der Waals surface area contributed by atoms with E-state index in [-0.39, 0.29) is 5.91 Å². The number of rotatable bonds is 4. The zero-order valence-electron chi connectivity index (χ0n) is 12.1. The molecule has 0 bridgehead atoms. The van der Waals surface area contributed by atoms with Gasteiger partial charge in [0.25, 0.3) is 5.91 Å². The molecule has 1 heterocycles. The van der Waals surface area contributed by atoms with E-state index in [9.17, 15) is 4.79 Å². The molecule has 104 valence electrons. The predicted molar refractivity (Wildman–Crippen MR) is 82.3 cm³/mol. The summed E-state index contributed by atoms with van der Waals surface area (Å²) in [6, 6.07) is 9.76. The van der Waals surface area contributed by atoms with Gasteiger partial charge >= 0.3 is 0 Å². The second kappa shape index (κ2) is 6.19. The molecule has 1 aromatic heterocycles. The number of nitrogens with zero attached hydrogens (tertiary/aromatic N) is 2. The number of anilines is 2. The fourth-order valence-corrected chi connectivity index (χ4v) is 2.03. The van der Waals surface area contributed by atoms with Gasteiger partial charge in [0.15, 0.2) is 0 Å². The van der Waals surface area contributed by atoms with Crippen molar-refractivity contribution in [3.05, 3.63) is 53.9 Å². The second-order valence-electron chi connectivity index (χ2n) is 4.56. The van der Waals surface area contributed by atoms with Crippen LogP contribution in [-0.4, -0.2) is 25.0 Å². The van der Waals surface area contributed by atoms with Crippen LogP contribution in [0.25, 0.3) is 0 Å². The van der Waals surface area contributed by atoms with Gasteiger partial charge in [0.2, 0.25) is 0 Å². The number of amides is 1. The Hall–Kier alpha value is -2.36. The Morgan fingerprint density at radius 1 is 1.25 bits per heavy atom. The first-order valence-electron chi connectivity index (χ1n) is 6.66. The van der Waals surface area contributed by atoms with E-state index in [1.54, 1.807) is 37.5 Å². The number of aromatic nitrogens is 1. The van der Waals surface area contributed by atoms with Gasteiger partial charge in [-0.1, -0.05) is 19.1 Å². The fraction of sp³-hybridized carbons (Fsp3) is 0.250. The van der Waals surface area contributed by atoms with E-state index < -0.39 is 0 Å². The van der Waals surface area contributed by atoms with Crippen LogP contribution in [0.5, 0.6) is 0 Å². The molecule has 4 heteroatoms. The summed E-state index contributed by atoms with van der Waals surface area (Å²) in [6.07, 6.45) is 4.27. The molecule has 0 aliphatic carbocycles. The van der Waals surface area contributed by atoms with Crippen molar-refractivity contribution < 1.29 is 4.79 Å². The fourth-order valence-electron chi connectivity index (χ4n) is 2.03. The van der Waals surface area contributed by atoms with Gasteiger partial charge in [-0.25, -0.2) is 0 Å². The molecule has 0 radical (unpaired) electrons. The van der Waals surface area contributed by atoms with Crippen molar-refractivity contribution in [1.29, 1.82) is 0 Å². The lowest BCUT2D eigenvalue weighted by Gasteiger charge is -2.19. The van der Waals surface area contributed by atoms with Crippen molar-refractivity contribution in [1.82, 2.24) is 4.98 Å². The maximum Gasteiger partial charge on any atom is 0.260 e. The molecule has 0 aliphatic rings. The van der Waals surface area contributed by atoms with Crippen molar-refractivity contribution in [2.75, 3.05) is 24.3 Å². The molecule has 0 unspecified atom stereocenters. The van der Waals surface area contributed by atoms with Crippen molar-refractivity contribution >= 4 is 17.3 Å². The quantitative estimate of drug-likeness (QED) is 0.928. The van der Waals surface area contributed by atoms with Crippen molar-refractivity contribution in [3.63, 3.8) is 0 Å². The average molecular weight is 269 g/mol. The number of hydrogen-bond acceptors (Lipinski definition) is 3. The van der Waals surface area contributed by atoms with Gasteiger partial charge < -0.3 is 10.2 Å². The van der Waals surface area contributed by atoms with E-state index in [2.05, 4.69) is 17.2 Å². The molecule has 4 nitrogen and oxygen atoms in total. The monoisotopic (exact) mass is 269 g/mol. The molecule has 0 aliphatic heterocycles. The zero-order valence-corrected chi connectivity index (χ0v) is 12.1. The van der Waals surface area contributed by atoms with Crippen molar-refractivity contribution in [3.8, 4) is 0 Å². The van der Waals surface area contributed by atoms with Crippen LogP contribution in [-0.2, 0) is 6.42 Å². The molecule has 1 amide bonds. The molecule has 20 heavy (non-hydrogen) atoms. The summed E-state index contributed by atoms with van der Waals surface area (Å²) in [5.74, 6) is -0.0546. The van der Waals surface area contributed by atoms with Crippen LogP contribution in [0.2, 0.25) is 0 Å². The van der Waals surface area contributed by atoms with E-state index in [1.165, 1.54) is 5.56 Å². The lowest BCUT2D eigenvalue weighted by molar-refractivity contribution is 0.0993. The molecule has 1 aromatic carbocycles. The highest BCUT2D eigenvalue weighted by Gasteiger charge is 2.16. The summed E-state index contributed by atoms with van der Waals surface area (Å²) >= 11 is 0. The summed E-state index contributed by atoms with van der Waals surface area (Å²) in [6.45, 7) is 2.11. The minimum atomic E-state index is -0.0546. The highest BCUT2D eigenvalue weighted by atomic mass is 16.2. The van der Waals surface area contributed by atoms with Crippen molar-refractivity contribution in [2.24, 2.45) is 0 Å². The molecule has 0 atom stereocenters. The minimum Gasteiger partial charge on any atom is -0.386 e. The number of hydrogen-bond donors (Lipinski definition) is 1. The normalized spacial score (nSPS) is 10.2. The lowest BCUT2D eigenvalue weighted by atomic mass is 10.1. The summed E-state index contributed by atoms with van der Waals surface area (Å²) < 4.78 is 0. The van der Waals surface area contributed by atoms with Crippen LogP contribution in [0.4, 0.5) is 11.4 Å². The summed E-state index contributed by atoms with van der Waals surface area (Å²) in [5.41, 5.74) is 3.49. The number of carbonyl (C=O) groups excluding carboxylic acids is 1. The van der Waals surface area contributed by atoms with E-state index in [4.69, 9.17) is 0 Å². The van der Waals surface area contributed by atoms with Crippen LogP contribution in [0, 0.1) is 0 Å². The first kappa shape index (κ1) is 14.1. The Morgan fingerprint density at radius 3 is 2.55 bits per heavy atom. The Labute approximate surface area is 119 Å². The van der Waals surface area contributed by atoms with Crippen LogP contribution in [0.1, 0.15) is 22.8 Å². The molecule has 2 rings (SSSR count). The molecule has 1 N–H and O–H groups in total. The van der Waals surface area contributed by atoms with Gasteiger partial charge in [0.1, 0.15) is 0 Å². The van der Waals surface area contributed by atoms with Gasteiger partial charge in [-0.2, -0.15) is 0 Å². The number of carbonyl (C=O) groups is 1. The lowest BCUT2D eigenvalue weighted by Crippen LogP contribution is -2.27. The molecule has 0 saturated carbocycles. The highest BCUT2D eigenvalue weighted by molar-refractivity contribution is 6.09.